The third-order valence-corrected chi connectivity index (χ3v) is 6.03. The Balaban J connectivity index is 0.00000320. The molecule has 2 aromatic heterocycles. The Morgan fingerprint density at radius 2 is 2.07 bits per heavy atom. The number of nitrogens with zero attached hydrogens (tertiary/aromatic N) is 2. The number of thiophene rings is 1. The second-order valence-electron chi connectivity index (χ2n) is 7.71. The number of carbonyl (C=O) groups is 1. The third-order valence-electron chi connectivity index (χ3n) is 5.09. The van der Waals surface area contributed by atoms with Gasteiger partial charge in [-0.25, -0.2) is 0 Å². The Hall–Kier alpha value is -1.55. The van der Waals surface area contributed by atoms with E-state index in [9.17, 15) is 4.79 Å². The second kappa shape index (κ2) is 13.0. The van der Waals surface area contributed by atoms with Crippen molar-refractivity contribution < 1.29 is 9.21 Å². The molecule has 166 valence electrons. The summed E-state index contributed by atoms with van der Waals surface area (Å²) in [5, 5.41) is 9.12. The maximum absolute atomic E-state index is 12.2. The molecule has 1 aliphatic rings. The van der Waals surface area contributed by atoms with Gasteiger partial charge in [-0.15, -0.1) is 35.3 Å². The smallest absolute Gasteiger partial charge is 0.225 e. The molecule has 0 spiro atoms. The third kappa shape index (κ3) is 7.94. The van der Waals surface area contributed by atoms with Gasteiger partial charge in [0, 0.05) is 55.9 Å². The average molecular weight is 545 g/mol. The van der Waals surface area contributed by atoms with E-state index in [1.54, 1.807) is 17.6 Å². The highest BCUT2D eigenvalue weighted by Gasteiger charge is 2.24. The van der Waals surface area contributed by atoms with Crippen LogP contribution < -0.4 is 10.6 Å². The minimum absolute atomic E-state index is 0. The Bertz CT molecular complexity index is 754. The van der Waals surface area contributed by atoms with Crippen LogP contribution in [0, 0.1) is 5.92 Å². The van der Waals surface area contributed by atoms with Crippen LogP contribution in [0.4, 0.5) is 0 Å². The molecule has 0 saturated carbocycles. The van der Waals surface area contributed by atoms with Gasteiger partial charge in [0.15, 0.2) is 5.96 Å². The monoisotopic (exact) mass is 544 g/mol. The maximum atomic E-state index is 12.2. The Kier molecular flexibility index (Phi) is 10.7. The predicted octanol–water partition coefficient (Wildman–Crippen LogP) is 3.93. The lowest BCUT2D eigenvalue weighted by atomic mass is 10.0. The van der Waals surface area contributed by atoms with Gasteiger partial charge in [-0.2, -0.15) is 0 Å². The first-order valence-electron chi connectivity index (χ1n) is 10.5. The van der Waals surface area contributed by atoms with Gasteiger partial charge in [-0.1, -0.05) is 19.9 Å². The fourth-order valence-electron chi connectivity index (χ4n) is 3.45. The summed E-state index contributed by atoms with van der Waals surface area (Å²) in [6.07, 6.45) is 5.37. The Labute approximate surface area is 200 Å². The molecule has 0 aromatic carbocycles. The predicted molar refractivity (Wildman–Crippen MR) is 134 cm³/mol. The van der Waals surface area contributed by atoms with E-state index in [1.165, 1.54) is 4.88 Å². The van der Waals surface area contributed by atoms with Gasteiger partial charge < -0.3 is 20.0 Å². The molecule has 1 amide bonds. The standard InChI is InChI=1S/C22H32N4O2S.HI/c1-17(2)21(27)26-13-9-18(10-14-26)25-22(23-11-7-19-5-3-15-28-19)24-12-8-20-6-4-16-29-20;/h3-6,15-18H,7-14H2,1-2H3,(H2,23,24,25);1H. The van der Waals surface area contributed by atoms with Crippen molar-refractivity contribution in [3.8, 4) is 0 Å². The van der Waals surface area contributed by atoms with Crippen molar-refractivity contribution in [2.45, 2.75) is 45.6 Å². The van der Waals surface area contributed by atoms with Crippen LogP contribution in [-0.2, 0) is 17.6 Å². The first-order chi connectivity index (χ1) is 14.1. The lowest BCUT2D eigenvalue weighted by Gasteiger charge is -2.34. The van der Waals surface area contributed by atoms with Gasteiger partial charge in [-0.3, -0.25) is 9.79 Å². The highest BCUT2D eigenvalue weighted by atomic mass is 127. The first-order valence-corrected chi connectivity index (χ1v) is 11.4. The summed E-state index contributed by atoms with van der Waals surface area (Å²) in [6.45, 7) is 7.07. The van der Waals surface area contributed by atoms with Gasteiger partial charge in [0.25, 0.3) is 0 Å². The lowest BCUT2D eigenvalue weighted by molar-refractivity contribution is -0.135. The number of hydrogen-bond acceptors (Lipinski definition) is 4. The van der Waals surface area contributed by atoms with Crippen molar-refractivity contribution in [3.63, 3.8) is 0 Å². The average Bonchev–Trinajstić information content (AvgIpc) is 3.42. The quantitative estimate of drug-likeness (QED) is 0.300. The number of carbonyl (C=O) groups excluding carboxylic acids is 1. The zero-order chi connectivity index (χ0) is 20.5. The van der Waals surface area contributed by atoms with E-state index in [1.807, 2.05) is 30.9 Å². The normalized spacial score (nSPS) is 15.2. The van der Waals surface area contributed by atoms with E-state index in [0.717, 1.165) is 63.6 Å². The summed E-state index contributed by atoms with van der Waals surface area (Å²) in [4.78, 5) is 20.3. The van der Waals surface area contributed by atoms with Crippen LogP contribution in [-0.4, -0.2) is 49.0 Å². The number of nitrogens with one attached hydrogen (secondary N) is 2. The van der Waals surface area contributed by atoms with Crippen molar-refractivity contribution in [2.75, 3.05) is 26.2 Å². The first kappa shape index (κ1) is 24.7. The highest BCUT2D eigenvalue weighted by molar-refractivity contribution is 14.0. The molecule has 3 rings (SSSR count). The maximum Gasteiger partial charge on any atom is 0.225 e. The number of likely N-dealkylation sites (tertiary alicyclic amines) is 1. The van der Waals surface area contributed by atoms with Crippen molar-refractivity contribution in [3.05, 3.63) is 46.5 Å². The van der Waals surface area contributed by atoms with Gasteiger partial charge in [0.1, 0.15) is 5.76 Å². The Morgan fingerprint density at radius 3 is 2.70 bits per heavy atom. The number of halogens is 1. The summed E-state index contributed by atoms with van der Waals surface area (Å²) in [5.74, 6) is 2.14. The van der Waals surface area contributed by atoms with Crippen LogP contribution in [0.1, 0.15) is 37.3 Å². The van der Waals surface area contributed by atoms with Crippen LogP contribution in [0.2, 0.25) is 0 Å². The zero-order valence-electron chi connectivity index (χ0n) is 17.8. The van der Waals surface area contributed by atoms with Crippen LogP contribution in [0.5, 0.6) is 0 Å². The molecule has 30 heavy (non-hydrogen) atoms. The number of aliphatic imine (C=N–C) groups is 1. The van der Waals surface area contributed by atoms with Crippen molar-refractivity contribution in [1.82, 2.24) is 15.5 Å². The molecule has 1 fully saturated rings. The zero-order valence-corrected chi connectivity index (χ0v) is 20.9. The number of piperidine rings is 1. The highest BCUT2D eigenvalue weighted by Crippen LogP contribution is 2.13. The summed E-state index contributed by atoms with van der Waals surface area (Å²) in [7, 11) is 0. The largest absolute Gasteiger partial charge is 0.469 e. The SMILES string of the molecule is CC(C)C(=O)N1CCC(NC(=NCCc2cccs2)NCCc2ccco2)CC1.I. The van der Waals surface area contributed by atoms with E-state index in [4.69, 9.17) is 9.41 Å². The summed E-state index contributed by atoms with van der Waals surface area (Å²) < 4.78 is 5.41. The number of amides is 1. The molecule has 0 atom stereocenters. The molecule has 2 aromatic rings. The fraction of sp³-hybridized carbons (Fsp3) is 0.545. The summed E-state index contributed by atoms with van der Waals surface area (Å²) >= 11 is 1.77. The number of furan rings is 1. The van der Waals surface area contributed by atoms with Crippen LogP contribution in [0.25, 0.3) is 0 Å². The van der Waals surface area contributed by atoms with E-state index in [0.29, 0.717) is 6.04 Å². The van der Waals surface area contributed by atoms with E-state index >= 15 is 0 Å². The summed E-state index contributed by atoms with van der Waals surface area (Å²) in [5.41, 5.74) is 0. The van der Waals surface area contributed by atoms with Crippen LogP contribution >= 0.6 is 35.3 Å². The topological polar surface area (TPSA) is 69.9 Å². The fourth-order valence-corrected chi connectivity index (χ4v) is 4.15. The molecule has 3 heterocycles. The molecule has 2 N–H and O–H groups in total. The molecular formula is C22H33IN4O2S. The van der Waals surface area contributed by atoms with Gasteiger partial charge in [0.05, 0.1) is 6.26 Å². The Morgan fingerprint density at radius 1 is 1.27 bits per heavy atom. The molecule has 0 bridgehead atoms. The molecule has 0 unspecified atom stereocenters. The van der Waals surface area contributed by atoms with Crippen LogP contribution in [0.3, 0.4) is 0 Å². The molecule has 1 aliphatic heterocycles. The van der Waals surface area contributed by atoms with E-state index in [2.05, 4.69) is 28.1 Å². The molecule has 8 heteroatoms. The molecule has 0 radical (unpaired) electrons. The van der Waals surface area contributed by atoms with Crippen LogP contribution in [0.15, 0.2) is 45.3 Å². The second-order valence-corrected chi connectivity index (χ2v) is 8.75. The van der Waals surface area contributed by atoms with Gasteiger partial charge in [0.2, 0.25) is 5.91 Å². The van der Waals surface area contributed by atoms with E-state index < -0.39 is 0 Å². The van der Waals surface area contributed by atoms with Gasteiger partial charge in [-0.05, 0) is 36.4 Å². The van der Waals surface area contributed by atoms with Crippen molar-refractivity contribution in [1.29, 1.82) is 0 Å². The molecule has 6 nitrogen and oxygen atoms in total. The van der Waals surface area contributed by atoms with E-state index in [-0.39, 0.29) is 35.8 Å². The molecule has 1 saturated heterocycles. The lowest BCUT2D eigenvalue weighted by Crippen LogP contribution is -2.50. The minimum atomic E-state index is 0. The van der Waals surface area contributed by atoms with Crippen molar-refractivity contribution >= 4 is 47.2 Å². The minimum Gasteiger partial charge on any atom is -0.469 e. The molecule has 0 aliphatic carbocycles. The number of guanidine groups is 1. The number of rotatable bonds is 8. The summed E-state index contributed by atoms with van der Waals surface area (Å²) in [6, 6.07) is 8.47. The van der Waals surface area contributed by atoms with Gasteiger partial charge >= 0.3 is 0 Å². The molecular weight excluding hydrogens is 511 g/mol. The number of hydrogen-bond donors (Lipinski definition) is 2. The van der Waals surface area contributed by atoms with Crippen molar-refractivity contribution in [2.24, 2.45) is 10.9 Å².